The number of hydrogen-bond donors (Lipinski definition) is 1. The molecule has 2 aromatic rings. The fourth-order valence-electron chi connectivity index (χ4n) is 1.60. The van der Waals surface area contributed by atoms with Crippen LogP contribution < -0.4 is 10.5 Å². The zero-order valence-electron chi connectivity index (χ0n) is 9.91. The molecule has 0 aromatic heterocycles. The Morgan fingerprint density at radius 1 is 1.28 bits per heavy atom. The summed E-state index contributed by atoms with van der Waals surface area (Å²) in [5.74, 6) is 0.242. The fraction of sp³-hybridized carbons (Fsp3) is 0.143. The van der Waals surface area contributed by atoms with Gasteiger partial charge >= 0.3 is 0 Å². The molecule has 0 spiro atoms. The van der Waals surface area contributed by atoms with Gasteiger partial charge in [-0.15, -0.1) is 0 Å². The molecule has 2 aromatic carbocycles. The summed E-state index contributed by atoms with van der Waals surface area (Å²) in [5, 5.41) is 0. The number of hydrogen-bond acceptors (Lipinski definition) is 2. The second kappa shape index (κ2) is 5.40. The van der Waals surface area contributed by atoms with Gasteiger partial charge in [-0.3, -0.25) is 0 Å². The number of rotatable bonds is 3. The van der Waals surface area contributed by atoms with E-state index in [9.17, 15) is 4.39 Å². The van der Waals surface area contributed by atoms with Crippen molar-refractivity contribution in [3.8, 4) is 5.75 Å². The Morgan fingerprint density at radius 3 is 2.83 bits per heavy atom. The van der Waals surface area contributed by atoms with Crippen molar-refractivity contribution in [1.82, 2.24) is 0 Å². The molecule has 0 saturated heterocycles. The minimum atomic E-state index is -0.303. The van der Waals surface area contributed by atoms with E-state index in [0.29, 0.717) is 18.0 Å². The highest BCUT2D eigenvalue weighted by Gasteiger charge is 2.06. The van der Waals surface area contributed by atoms with E-state index >= 15 is 0 Å². The van der Waals surface area contributed by atoms with Crippen LogP contribution in [0.1, 0.15) is 11.1 Å². The maximum Gasteiger partial charge on any atom is 0.126 e. The van der Waals surface area contributed by atoms with Crippen LogP contribution in [0, 0.1) is 12.7 Å². The number of halogens is 2. The van der Waals surface area contributed by atoms with Crippen molar-refractivity contribution < 1.29 is 9.13 Å². The van der Waals surface area contributed by atoms with Crippen LogP contribution in [0.25, 0.3) is 0 Å². The van der Waals surface area contributed by atoms with Gasteiger partial charge in [-0.1, -0.05) is 18.2 Å². The molecule has 2 rings (SSSR count). The van der Waals surface area contributed by atoms with Gasteiger partial charge in [0.25, 0.3) is 0 Å². The number of aryl methyl sites for hydroxylation is 1. The van der Waals surface area contributed by atoms with E-state index < -0.39 is 0 Å². The molecule has 0 amide bonds. The van der Waals surface area contributed by atoms with Gasteiger partial charge in [0, 0.05) is 21.8 Å². The lowest BCUT2D eigenvalue weighted by atomic mass is 10.2. The highest BCUT2D eigenvalue weighted by Crippen LogP contribution is 2.26. The zero-order chi connectivity index (χ0) is 13.1. The second-order valence-corrected chi connectivity index (χ2v) is 4.81. The highest BCUT2D eigenvalue weighted by molar-refractivity contribution is 9.10. The topological polar surface area (TPSA) is 35.2 Å². The van der Waals surface area contributed by atoms with E-state index in [1.54, 1.807) is 12.1 Å². The molecular weight excluding hydrogens is 297 g/mol. The zero-order valence-corrected chi connectivity index (χ0v) is 11.5. The van der Waals surface area contributed by atoms with Crippen LogP contribution in [-0.2, 0) is 6.61 Å². The van der Waals surface area contributed by atoms with Crippen LogP contribution in [0.5, 0.6) is 5.75 Å². The Morgan fingerprint density at radius 2 is 2.06 bits per heavy atom. The first-order valence-corrected chi connectivity index (χ1v) is 6.29. The summed E-state index contributed by atoms with van der Waals surface area (Å²) in [6.45, 7) is 2.22. The average molecular weight is 310 g/mol. The predicted octanol–water partition coefficient (Wildman–Crippen LogP) is 4.06. The highest BCUT2D eigenvalue weighted by atomic mass is 79.9. The van der Waals surface area contributed by atoms with E-state index in [1.807, 2.05) is 19.1 Å². The van der Waals surface area contributed by atoms with Gasteiger partial charge in [0.05, 0.1) is 0 Å². The largest absolute Gasteiger partial charge is 0.488 e. The number of benzene rings is 2. The fourth-order valence-corrected chi connectivity index (χ4v) is 1.97. The van der Waals surface area contributed by atoms with Crippen molar-refractivity contribution in [2.45, 2.75) is 13.5 Å². The van der Waals surface area contributed by atoms with Crippen molar-refractivity contribution in [2.24, 2.45) is 0 Å². The molecular formula is C14H13BrFNO. The van der Waals surface area contributed by atoms with Crippen LogP contribution in [0.2, 0.25) is 0 Å². The van der Waals surface area contributed by atoms with E-state index in [1.165, 1.54) is 12.1 Å². The molecule has 0 fully saturated rings. The monoisotopic (exact) mass is 309 g/mol. The standard InChI is InChI=1S/C14H13BrFNO/c1-9-5-6-11(16)7-13(9)18-8-10-3-2-4-12(17)14(10)15/h2-7H,8,17H2,1H3. The molecule has 4 heteroatoms. The van der Waals surface area contributed by atoms with Crippen molar-refractivity contribution in [3.63, 3.8) is 0 Å². The summed E-state index contributed by atoms with van der Waals surface area (Å²) < 4.78 is 19.5. The van der Waals surface area contributed by atoms with E-state index in [0.717, 1.165) is 15.6 Å². The van der Waals surface area contributed by atoms with Gasteiger partial charge in [0.1, 0.15) is 18.2 Å². The third-order valence-corrected chi connectivity index (χ3v) is 3.61. The summed E-state index contributed by atoms with van der Waals surface area (Å²) >= 11 is 3.41. The molecule has 0 aliphatic heterocycles. The minimum absolute atomic E-state index is 0.303. The van der Waals surface area contributed by atoms with Gasteiger partial charge in [0.2, 0.25) is 0 Å². The average Bonchev–Trinajstić information content (AvgIpc) is 2.35. The molecule has 0 bridgehead atoms. The van der Waals surface area contributed by atoms with Gasteiger partial charge in [-0.25, -0.2) is 4.39 Å². The molecule has 18 heavy (non-hydrogen) atoms. The minimum Gasteiger partial charge on any atom is -0.488 e. The summed E-state index contributed by atoms with van der Waals surface area (Å²) in [5.41, 5.74) is 8.27. The van der Waals surface area contributed by atoms with Gasteiger partial charge in [0.15, 0.2) is 0 Å². The van der Waals surface area contributed by atoms with Crippen molar-refractivity contribution in [3.05, 3.63) is 57.8 Å². The predicted molar refractivity (Wildman–Crippen MR) is 74.0 cm³/mol. The number of anilines is 1. The van der Waals surface area contributed by atoms with E-state index in [-0.39, 0.29) is 5.82 Å². The van der Waals surface area contributed by atoms with Crippen LogP contribution >= 0.6 is 15.9 Å². The maximum atomic E-state index is 13.1. The third kappa shape index (κ3) is 2.82. The number of nitrogen functional groups attached to an aromatic ring is 1. The molecule has 0 saturated carbocycles. The first kappa shape index (κ1) is 12.9. The summed E-state index contributed by atoms with van der Waals surface area (Å²) in [6, 6.07) is 10.1. The molecule has 94 valence electrons. The normalized spacial score (nSPS) is 10.4. The molecule has 0 heterocycles. The van der Waals surface area contributed by atoms with Crippen LogP contribution in [0.3, 0.4) is 0 Å². The van der Waals surface area contributed by atoms with Crippen LogP contribution in [0.4, 0.5) is 10.1 Å². The lowest BCUT2D eigenvalue weighted by Gasteiger charge is -2.11. The van der Waals surface area contributed by atoms with Gasteiger partial charge < -0.3 is 10.5 Å². The van der Waals surface area contributed by atoms with Crippen molar-refractivity contribution in [2.75, 3.05) is 5.73 Å². The smallest absolute Gasteiger partial charge is 0.126 e. The molecule has 2 nitrogen and oxygen atoms in total. The molecule has 0 radical (unpaired) electrons. The Bertz CT molecular complexity index is 570. The molecule has 0 aliphatic rings. The number of ether oxygens (including phenoxy) is 1. The lowest BCUT2D eigenvalue weighted by Crippen LogP contribution is -2.00. The van der Waals surface area contributed by atoms with Crippen molar-refractivity contribution in [1.29, 1.82) is 0 Å². The Balaban J connectivity index is 2.16. The van der Waals surface area contributed by atoms with E-state index in [4.69, 9.17) is 10.5 Å². The molecule has 0 unspecified atom stereocenters. The summed E-state index contributed by atoms with van der Waals surface area (Å²) in [4.78, 5) is 0. The van der Waals surface area contributed by atoms with Crippen LogP contribution in [0.15, 0.2) is 40.9 Å². The molecule has 0 atom stereocenters. The van der Waals surface area contributed by atoms with Crippen LogP contribution in [-0.4, -0.2) is 0 Å². The van der Waals surface area contributed by atoms with E-state index in [2.05, 4.69) is 15.9 Å². The summed E-state index contributed by atoms with van der Waals surface area (Å²) in [6.07, 6.45) is 0. The molecule has 0 aliphatic carbocycles. The maximum absolute atomic E-state index is 13.1. The van der Waals surface area contributed by atoms with Gasteiger partial charge in [-0.05, 0) is 40.5 Å². The second-order valence-electron chi connectivity index (χ2n) is 4.02. The Hall–Kier alpha value is -1.55. The quantitative estimate of drug-likeness (QED) is 0.868. The Kier molecular flexibility index (Phi) is 3.87. The van der Waals surface area contributed by atoms with Crippen molar-refractivity contribution >= 4 is 21.6 Å². The first-order valence-electron chi connectivity index (χ1n) is 5.50. The van der Waals surface area contributed by atoms with Gasteiger partial charge in [-0.2, -0.15) is 0 Å². The summed E-state index contributed by atoms with van der Waals surface area (Å²) in [7, 11) is 0. The SMILES string of the molecule is Cc1ccc(F)cc1OCc1cccc(N)c1Br. The third-order valence-electron chi connectivity index (χ3n) is 2.64. The first-order chi connectivity index (χ1) is 8.58. The number of nitrogens with two attached hydrogens (primary N) is 1. The Labute approximate surface area is 114 Å². The lowest BCUT2D eigenvalue weighted by molar-refractivity contribution is 0.302. The molecule has 2 N–H and O–H groups in total.